The molecule has 4 aromatic rings. The molecule has 204 valence electrons. The smallest absolute Gasteiger partial charge is 0.324 e. The summed E-state index contributed by atoms with van der Waals surface area (Å²) in [5, 5.41) is 13.0. The first kappa shape index (κ1) is 26.7. The summed E-state index contributed by atoms with van der Waals surface area (Å²) in [6.07, 6.45) is 0. The van der Waals surface area contributed by atoms with Gasteiger partial charge >= 0.3 is 6.03 Å². The molecule has 39 heavy (non-hydrogen) atoms. The summed E-state index contributed by atoms with van der Waals surface area (Å²) >= 11 is 0. The lowest BCUT2D eigenvalue weighted by Crippen LogP contribution is -2.45. The second-order valence-corrected chi connectivity index (χ2v) is 11.2. The molecular formula is C31H38N6O2. The highest BCUT2D eigenvalue weighted by Crippen LogP contribution is 2.28. The van der Waals surface area contributed by atoms with Crippen molar-refractivity contribution in [2.24, 2.45) is 0 Å². The Morgan fingerprint density at radius 3 is 2.46 bits per heavy atom. The highest BCUT2D eigenvalue weighted by Gasteiger charge is 2.22. The van der Waals surface area contributed by atoms with Gasteiger partial charge < -0.3 is 15.0 Å². The summed E-state index contributed by atoms with van der Waals surface area (Å²) < 4.78 is 7.89. The molecule has 1 saturated heterocycles. The number of carbonyl (C=O) groups is 1. The van der Waals surface area contributed by atoms with E-state index in [1.54, 1.807) is 4.68 Å². The number of benzene rings is 3. The van der Waals surface area contributed by atoms with E-state index in [4.69, 9.17) is 9.84 Å². The Balaban J connectivity index is 1.32. The maximum absolute atomic E-state index is 13.2. The van der Waals surface area contributed by atoms with Gasteiger partial charge in [-0.15, -0.1) is 0 Å². The highest BCUT2D eigenvalue weighted by molar-refractivity contribution is 6.06. The van der Waals surface area contributed by atoms with E-state index < -0.39 is 0 Å². The third kappa shape index (κ3) is 6.58. The second-order valence-electron chi connectivity index (χ2n) is 11.2. The quantitative estimate of drug-likeness (QED) is 0.328. The molecule has 2 N–H and O–H groups in total. The number of aromatic nitrogens is 2. The van der Waals surface area contributed by atoms with E-state index in [9.17, 15) is 4.79 Å². The van der Waals surface area contributed by atoms with Crippen molar-refractivity contribution in [3.63, 3.8) is 0 Å². The standard InChI is InChI=1S/C31H38N6O2/c1-31(2,3)28-22-29(33-30(38)32-27-14-7-10-23-9-5-6-13-26(23)27)37(34-28)24-11-8-12-25(21-24)39-20-19-36-17-15-35(4)16-18-36/h5-14,21-22H,15-20H2,1-4H3,(H2,32,33,38). The number of fused-ring (bicyclic) bond motifs is 1. The molecule has 1 fully saturated rings. The predicted octanol–water partition coefficient (Wildman–Crippen LogP) is 5.59. The number of ether oxygens (including phenoxy) is 1. The molecule has 8 heteroatoms. The molecule has 0 spiro atoms. The fraction of sp³-hybridized carbons (Fsp3) is 0.355. The summed E-state index contributed by atoms with van der Waals surface area (Å²) in [6.45, 7) is 12.2. The Kier molecular flexibility index (Phi) is 7.86. The maximum Gasteiger partial charge on any atom is 0.324 e. The topological polar surface area (TPSA) is 74.7 Å². The number of rotatable bonds is 7. The van der Waals surface area contributed by atoms with Crippen LogP contribution in [-0.2, 0) is 5.41 Å². The number of likely N-dealkylation sites (N-methyl/N-ethyl adjacent to an activating group) is 1. The number of anilines is 2. The molecule has 0 aliphatic carbocycles. The lowest BCUT2D eigenvalue weighted by molar-refractivity contribution is 0.134. The number of carbonyl (C=O) groups excluding carboxylic acids is 1. The zero-order valence-electron chi connectivity index (χ0n) is 23.3. The largest absolute Gasteiger partial charge is 0.492 e. The average Bonchev–Trinajstić information content (AvgIpc) is 3.35. The summed E-state index contributed by atoms with van der Waals surface area (Å²) in [5.41, 5.74) is 2.26. The van der Waals surface area contributed by atoms with Crippen LogP contribution in [0.4, 0.5) is 16.3 Å². The van der Waals surface area contributed by atoms with E-state index in [1.807, 2.05) is 72.8 Å². The Bertz CT molecular complexity index is 1430. The molecule has 1 aromatic heterocycles. The van der Waals surface area contributed by atoms with Crippen molar-refractivity contribution in [3.05, 3.63) is 78.5 Å². The average molecular weight is 527 g/mol. The van der Waals surface area contributed by atoms with Crippen LogP contribution >= 0.6 is 0 Å². The minimum absolute atomic E-state index is 0.190. The molecule has 2 heterocycles. The molecule has 0 radical (unpaired) electrons. The molecule has 1 aliphatic heterocycles. The molecule has 1 aliphatic rings. The molecule has 0 atom stereocenters. The van der Waals surface area contributed by atoms with E-state index in [1.165, 1.54) is 0 Å². The van der Waals surface area contributed by atoms with Gasteiger partial charge in [0, 0.05) is 55.7 Å². The van der Waals surface area contributed by atoms with Crippen molar-refractivity contribution >= 4 is 28.3 Å². The summed E-state index contributed by atoms with van der Waals surface area (Å²) in [6, 6.07) is 23.3. The number of nitrogens with zero attached hydrogens (tertiary/aromatic N) is 4. The molecule has 5 rings (SSSR count). The van der Waals surface area contributed by atoms with Crippen LogP contribution in [0.15, 0.2) is 72.8 Å². The van der Waals surface area contributed by atoms with Gasteiger partial charge in [0.15, 0.2) is 0 Å². The monoisotopic (exact) mass is 526 g/mol. The van der Waals surface area contributed by atoms with Crippen molar-refractivity contribution in [2.75, 3.05) is 57.0 Å². The molecule has 0 bridgehead atoms. The number of urea groups is 1. The van der Waals surface area contributed by atoms with Crippen molar-refractivity contribution < 1.29 is 9.53 Å². The first-order valence-corrected chi connectivity index (χ1v) is 13.6. The lowest BCUT2D eigenvalue weighted by atomic mass is 9.92. The SMILES string of the molecule is CN1CCN(CCOc2cccc(-n3nc(C(C)(C)C)cc3NC(=O)Nc3cccc4ccccc34)c2)CC1. The molecular weight excluding hydrogens is 488 g/mol. The van der Waals surface area contributed by atoms with Gasteiger partial charge in [-0.3, -0.25) is 10.2 Å². The fourth-order valence-electron chi connectivity index (χ4n) is 4.71. The minimum atomic E-state index is -0.326. The molecule has 0 saturated carbocycles. The van der Waals surface area contributed by atoms with Gasteiger partial charge in [0.1, 0.15) is 18.2 Å². The molecule has 3 aromatic carbocycles. The van der Waals surface area contributed by atoms with Crippen molar-refractivity contribution in [3.8, 4) is 11.4 Å². The van der Waals surface area contributed by atoms with Gasteiger partial charge in [0.25, 0.3) is 0 Å². The summed E-state index contributed by atoms with van der Waals surface area (Å²) in [4.78, 5) is 17.9. The lowest BCUT2D eigenvalue weighted by Gasteiger charge is -2.32. The Morgan fingerprint density at radius 2 is 1.67 bits per heavy atom. The van der Waals surface area contributed by atoms with Crippen LogP contribution < -0.4 is 15.4 Å². The van der Waals surface area contributed by atoms with Crippen molar-refractivity contribution in [1.82, 2.24) is 19.6 Å². The van der Waals surface area contributed by atoms with Gasteiger partial charge in [-0.25, -0.2) is 9.48 Å². The van der Waals surface area contributed by atoms with Gasteiger partial charge in [-0.05, 0) is 30.6 Å². The Hall–Kier alpha value is -3.88. The predicted molar refractivity (Wildman–Crippen MR) is 158 cm³/mol. The summed E-state index contributed by atoms with van der Waals surface area (Å²) in [5.74, 6) is 1.37. The van der Waals surface area contributed by atoms with Crippen LogP contribution in [0, 0.1) is 0 Å². The zero-order valence-corrected chi connectivity index (χ0v) is 23.3. The van der Waals surface area contributed by atoms with Crippen molar-refractivity contribution in [2.45, 2.75) is 26.2 Å². The van der Waals surface area contributed by atoms with E-state index >= 15 is 0 Å². The van der Waals surface area contributed by atoms with E-state index in [0.717, 1.165) is 66.3 Å². The highest BCUT2D eigenvalue weighted by atomic mass is 16.5. The van der Waals surface area contributed by atoms with Gasteiger partial charge in [-0.1, -0.05) is 63.2 Å². The number of hydrogen-bond acceptors (Lipinski definition) is 5. The van der Waals surface area contributed by atoms with Crippen molar-refractivity contribution in [1.29, 1.82) is 0 Å². The first-order valence-electron chi connectivity index (χ1n) is 13.6. The maximum atomic E-state index is 13.2. The molecule has 0 unspecified atom stereocenters. The van der Waals surface area contributed by atoms with E-state index in [-0.39, 0.29) is 11.4 Å². The van der Waals surface area contributed by atoms with Crippen LogP contribution in [0.3, 0.4) is 0 Å². The normalized spacial score (nSPS) is 14.9. The minimum Gasteiger partial charge on any atom is -0.492 e. The number of piperazine rings is 1. The zero-order chi connectivity index (χ0) is 27.4. The molecule has 8 nitrogen and oxygen atoms in total. The van der Waals surface area contributed by atoms with Crippen LogP contribution in [0.5, 0.6) is 5.75 Å². The Morgan fingerprint density at radius 1 is 0.923 bits per heavy atom. The van der Waals surface area contributed by atoms with Gasteiger partial charge in [0.05, 0.1) is 17.1 Å². The van der Waals surface area contributed by atoms with Crippen LogP contribution in [0.2, 0.25) is 0 Å². The van der Waals surface area contributed by atoms with Gasteiger partial charge in [0.2, 0.25) is 0 Å². The number of amides is 2. The van der Waals surface area contributed by atoms with Crippen LogP contribution in [-0.4, -0.2) is 72.0 Å². The third-order valence-electron chi connectivity index (χ3n) is 7.09. The number of hydrogen-bond donors (Lipinski definition) is 2. The fourth-order valence-corrected chi connectivity index (χ4v) is 4.71. The van der Waals surface area contributed by atoms with Crippen LogP contribution in [0.25, 0.3) is 16.5 Å². The summed E-state index contributed by atoms with van der Waals surface area (Å²) in [7, 11) is 2.16. The van der Waals surface area contributed by atoms with Gasteiger partial charge in [-0.2, -0.15) is 5.10 Å². The first-order chi connectivity index (χ1) is 18.8. The van der Waals surface area contributed by atoms with E-state index in [2.05, 4.69) is 48.3 Å². The third-order valence-corrected chi connectivity index (χ3v) is 7.09. The van der Waals surface area contributed by atoms with E-state index in [0.29, 0.717) is 12.4 Å². The van der Waals surface area contributed by atoms with Crippen LogP contribution in [0.1, 0.15) is 26.5 Å². The number of nitrogens with one attached hydrogen (secondary N) is 2. The Labute approximate surface area is 230 Å². The second kappa shape index (κ2) is 11.5. The molecule has 2 amide bonds.